The van der Waals surface area contributed by atoms with Crippen LogP contribution in [0.2, 0.25) is 0 Å². The van der Waals surface area contributed by atoms with Crippen LogP contribution in [0, 0.1) is 0 Å². The summed E-state index contributed by atoms with van der Waals surface area (Å²) in [7, 11) is -2.26. The number of rotatable bonds is 6. The molecule has 1 saturated heterocycles. The van der Waals surface area contributed by atoms with E-state index < -0.39 is 10.0 Å². The molecular formula is C14H21NO5S. The van der Waals surface area contributed by atoms with Gasteiger partial charge in [-0.25, -0.2) is 13.1 Å². The molecule has 0 aliphatic carbocycles. The number of hydrogen-bond acceptors (Lipinski definition) is 5. The van der Waals surface area contributed by atoms with Crippen molar-refractivity contribution in [2.75, 3.05) is 20.3 Å². The van der Waals surface area contributed by atoms with E-state index in [0.29, 0.717) is 12.2 Å². The van der Waals surface area contributed by atoms with Crippen molar-refractivity contribution >= 4 is 10.0 Å². The van der Waals surface area contributed by atoms with Gasteiger partial charge in [-0.05, 0) is 37.0 Å². The molecule has 118 valence electrons. The smallest absolute Gasteiger partial charge is 0.244 e. The van der Waals surface area contributed by atoms with Gasteiger partial charge in [-0.3, -0.25) is 0 Å². The summed E-state index contributed by atoms with van der Waals surface area (Å²) in [4.78, 5) is 0.0676. The Labute approximate surface area is 125 Å². The number of ether oxygens (including phenoxy) is 2. The first-order valence-corrected chi connectivity index (χ1v) is 8.44. The van der Waals surface area contributed by atoms with E-state index in [1.165, 1.54) is 19.2 Å². The van der Waals surface area contributed by atoms with Crippen molar-refractivity contribution in [1.29, 1.82) is 0 Å². The summed E-state index contributed by atoms with van der Waals surface area (Å²) in [5, 5.41) is 9.09. The van der Waals surface area contributed by atoms with Gasteiger partial charge in [0.1, 0.15) is 10.6 Å². The van der Waals surface area contributed by atoms with Crippen molar-refractivity contribution in [3.05, 3.63) is 23.8 Å². The largest absolute Gasteiger partial charge is 0.495 e. The Balaban J connectivity index is 2.11. The summed E-state index contributed by atoms with van der Waals surface area (Å²) >= 11 is 0. The van der Waals surface area contributed by atoms with Gasteiger partial charge in [-0.2, -0.15) is 0 Å². The maximum Gasteiger partial charge on any atom is 0.244 e. The average Bonchev–Trinajstić information content (AvgIpc) is 2.53. The molecule has 0 bridgehead atoms. The van der Waals surface area contributed by atoms with E-state index in [9.17, 15) is 8.42 Å². The van der Waals surface area contributed by atoms with Crippen LogP contribution >= 0.6 is 0 Å². The molecule has 1 aromatic rings. The lowest BCUT2D eigenvalue weighted by Crippen LogP contribution is -2.35. The zero-order chi connectivity index (χ0) is 15.3. The second-order valence-electron chi connectivity index (χ2n) is 4.98. The first-order chi connectivity index (χ1) is 10.1. The van der Waals surface area contributed by atoms with Crippen LogP contribution in [0.25, 0.3) is 0 Å². The van der Waals surface area contributed by atoms with Crippen LogP contribution in [-0.2, 0) is 21.4 Å². The maximum atomic E-state index is 12.3. The Morgan fingerprint density at radius 1 is 1.43 bits per heavy atom. The van der Waals surface area contributed by atoms with E-state index in [0.717, 1.165) is 19.3 Å². The van der Waals surface area contributed by atoms with Crippen LogP contribution in [-0.4, -0.2) is 39.9 Å². The predicted octanol–water partition coefficient (Wildman–Crippen LogP) is 1.03. The average molecular weight is 315 g/mol. The van der Waals surface area contributed by atoms with Crippen LogP contribution in [0.1, 0.15) is 24.8 Å². The monoisotopic (exact) mass is 315 g/mol. The van der Waals surface area contributed by atoms with Crippen LogP contribution in [0.5, 0.6) is 5.75 Å². The van der Waals surface area contributed by atoms with Gasteiger partial charge in [-0.15, -0.1) is 0 Å². The number of nitrogens with one attached hydrogen (secondary N) is 1. The second-order valence-corrected chi connectivity index (χ2v) is 6.72. The fourth-order valence-corrected chi connectivity index (χ4v) is 3.50. The van der Waals surface area contributed by atoms with E-state index in [1.54, 1.807) is 6.07 Å². The highest BCUT2D eigenvalue weighted by Crippen LogP contribution is 2.25. The highest BCUT2D eigenvalue weighted by molar-refractivity contribution is 7.89. The molecule has 2 N–H and O–H groups in total. The number of aliphatic hydroxyl groups is 1. The minimum atomic E-state index is -3.66. The van der Waals surface area contributed by atoms with Crippen molar-refractivity contribution in [2.24, 2.45) is 0 Å². The topological polar surface area (TPSA) is 84.9 Å². The zero-order valence-electron chi connectivity index (χ0n) is 12.0. The molecule has 1 aliphatic rings. The lowest BCUT2D eigenvalue weighted by atomic mass is 10.1. The number of aliphatic hydroxyl groups excluding tert-OH is 1. The molecule has 0 saturated carbocycles. The van der Waals surface area contributed by atoms with E-state index in [-0.39, 0.29) is 29.9 Å². The molecule has 1 aromatic carbocycles. The lowest BCUT2D eigenvalue weighted by molar-refractivity contribution is 0.0200. The predicted molar refractivity (Wildman–Crippen MR) is 77.7 cm³/mol. The fourth-order valence-electron chi connectivity index (χ4n) is 2.28. The van der Waals surface area contributed by atoms with Crippen molar-refractivity contribution in [3.8, 4) is 5.75 Å². The third kappa shape index (κ3) is 4.16. The van der Waals surface area contributed by atoms with Gasteiger partial charge in [0.25, 0.3) is 0 Å². The molecule has 0 radical (unpaired) electrons. The Morgan fingerprint density at radius 3 is 2.86 bits per heavy atom. The van der Waals surface area contributed by atoms with Crippen LogP contribution in [0.4, 0.5) is 0 Å². The first-order valence-electron chi connectivity index (χ1n) is 6.96. The third-order valence-electron chi connectivity index (χ3n) is 3.48. The normalized spacial score (nSPS) is 19.4. The Hall–Kier alpha value is -1.15. The van der Waals surface area contributed by atoms with Gasteiger partial charge in [-0.1, -0.05) is 6.07 Å². The molecule has 1 aliphatic heterocycles. The molecule has 7 heteroatoms. The molecule has 0 spiro atoms. The SMILES string of the molecule is COc1cc(CO)ccc1S(=O)(=O)NCC1CCCCO1. The Kier molecular flexibility index (Phi) is 5.58. The molecule has 1 fully saturated rings. The lowest BCUT2D eigenvalue weighted by Gasteiger charge is -2.23. The molecule has 1 unspecified atom stereocenters. The summed E-state index contributed by atoms with van der Waals surface area (Å²) in [6.45, 7) is 0.772. The van der Waals surface area contributed by atoms with E-state index in [2.05, 4.69) is 4.72 Å². The second kappa shape index (κ2) is 7.22. The van der Waals surface area contributed by atoms with Gasteiger partial charge in [0.2, 0.25) is 10.0 Å². The van der Waals surface area contributed by atoms with Gasteiger partial charge < -0.3 is 14.6 Å². The quantitative estimate of drug-likeness (QED) is 0.819. The van der Waals surface area contributed by atoms with Crippen LogP contribution in [0.3, 0.4) is 0 Å². The highest BCUT2D eigenvalue weighted by Gasteiger charge is 2.22. The van der Waals surface area contributed by atoms with Crippen molar-refractivity contribution in [2.45, 2.75) is 36.9 Å². The summed E-state index contributed by atoms with van der Waals surface area (Å²) < 4.78 is 37.9. The maximum absolute atomic E-state index is 12.3. The van der Waals surface area contributed by atoms with E-state index >= 15 is 0 Å². The number of benzene rings is 1. The summed E-state index contributed by atoms with van der Waals surface area (Å²) in [6.07, 6.45) is 2.88. The zero-order valence-corrected chi connectivity index (χ0v) is 12.9. The molecule has 0 aromatic heterocycles. The van der Waals surface area contributed by atoms with Crippen molar-refractivity contribution < 1.29 is 23.0 Å². The molecule has 21 heavy (non-hydrogen) atoms. The standard InChI is InChI=1S/C14H21NO5S/c1-19-13-8-11(10-16)5-6-14(13)21(17,18)15-9-12-4-2-3-7-20-12/h5-6,8,12,15-16H,2-4,7,9-10H2,1H3. The van der Waals surface area contributed by atoms with Gasteiger partial charge in [0.05, 0.1) is 19.8 Å². The first kappa shape index (κ1) is 16.2. The fraction of sp³-hybridized carbons (Fsp3) is 0.571. The molecule has 6 nitrogen and oxygen atoms in total. The summed E-state index contributed by atoms with van der Waals surface area (Å²) in [5.41, 5.74) is 0.599. The molecule has 2 rings (SSSR count). The van der Waals surface area contributed by atoms with Gasteiger partial charge >= 0.3 is 0 Å². The van der Waals surface area contributed by atoms with Crippen LogP contribution in [0.15, 0.2) is 23.1 Å². The molecule has 1 atom stereocenters. The highest BCUT2D eigenvalue weighted by atomic mass is 32.2. The molecular weight excluding hydrogens is 294 g/mol. The minimum Gasteiger partial charge on any atom is -0.495 e. The van der Waals surface area contributed by atoms with Gasteiger partial charge in [0.15, 0.2) is 0 Å². The van der Waals surface area contributed by atoms with E-state index in [4.69, 9.17) is 14.6 Å². The Bertz CT molecular complexity index is 567. The third-order valence-corrected chi connectivity index (χ3v) is 4.94. The van der Waals surface area contributed by atoms with Gasteiger partial charge in [0, 0.05) is 13.2 Å². The number of hydrogen-bond donors (Lipinski definition) is 2. The summed E-state index contributed by atoms with van der Waals surface area (Å²) in [5.74, 6) is 0.221. The molecule has 0 amide bonds. The Morgan fingerprint density at radius 2 is 2.24 bits per heavy atom. The molecule has 1 heterocycles. The number of sulfonamides is 1. The van der Waals surface area contributed by atoms with E-state index in [1.807, 2.05) is 0 Å². The van der Waals surface area contributed by atoms with Crippen molar-refractivity contribution in [1.82, 2.24) is 4.72 Å². The summed E-state index contributed by atoms with van der Waals surface area (Å²) in [6, 6.07) is 4.52. The number of methoxy groups -OCH3 is 1. The van der Waals surface area contributed by atoms with Crippen molar-refractivity contribution in [3.63, 3.8) is 0 Å². The van der Waals surface area contributed by atoms with Crippen LogP contribution < -0.4 is 9.46 Å². The minimum absolute atomic E-state index is 0.0676.